The third-order valence-corrected chi connectivity index (χ3v) is 7.56. The van der Waals surface area contributed by atoms with Gasteiger partial charge in [-0.15, -0.1) is 11.3 Å². The number of ether oxygens (including phenoxy) is 1. The molecule has 3 aliphatic heterocycles. The second-order valence-electron chi connectivity index (χ2n) is 7.87. The van der Waals surface area contributed by atoms with Gasteiger partial charge in [0.1, 0.15) is 11.4 Å². The van der Waals surface area contributed by atoms with Crippen LogP contribution < -0.4 is 5.32 Å². The topological polar surface area (TPSA) is 70.2 Å². The van der Waals surface area contributed by atoms with Gasteiger partial charge in [-0.1, -0.05) is 0 Å². The first kappa shape index (κ1) is 17.4. The van der Waals surface area contributed by atoms with Crippen LogP contribution in [0.4, 0.5) is 0 Å². The number of likely N-dealkylation sites (tertiary alicyclic amines) is 1. The van der Waals surface area contributed by atoms with E-state index in [2.05, 4.69) is 21.4 Å². The van der Waals surface area contributed by atoms with Gasteiger partial charge in [-0.05, 0) is 56.8 Å². The Morgan fingerprint density at radius 2 is 2.26 bits per heavy atom. The van der Waals surface area contributed by atoms with Crippen molar-refractivity contribution in [1.82, 2.24) is 20.2 Å². The van der Waals surface area contributed by atoms with Crippen molar-refractivity contribution >= 4 is 17.2 Å². The SMILES string of the molecule is O=C(c1cc2c(s1)C1(CCNCC1)OCC2)N1CCCC(c2ncc[nH]2)C1. The number of amides is 1. The Hall–Kier alpha value is -1.70. The summed E-state index contributed by atoms with van der Waals surface area (Å²) in [5, 5.41) is 3.43. The van der Waals surface area contributed by atoms with Crippen molar-refractivity contribution in [2.24, 2.45) is 0 Å². The number of fused-ring (bicyclic) bond motifs is 2. The molecule has 2 aromatic rings. The molecule has 1 amide bonds. The number of rotatable bonds is 2. The van der Waals surface area contributed by atoms with Crippen LogP contribution in [0.2, 0.25) is 0 Å². The van der Waals surface area contributed by atoms with E-state index in [0.717, 1.165) is 75.6 Å². The molecule has 1 spiro atoms. The van der Waals surface area contributed by atoms with Gasteiger partial charge in [0.25, 0.3) is 5.91 Å². The molecule has 0 aromatic carbocycles. The molecule has 2 saturated heterocycles. The van der Waals surface area contributed by atoms with Crippen molar-refractivity contribution in [3.63, 3.8) is 0 Å². The number of hydrogen-bond donors (Lipinski definition) is 2. The molecule has 0 bridgehead atoms. The van der Waals surface area contributed by atoms with Crippen LogP contribution in [0.15, 0.2) is 18.5 Å². The molecule has 0 aliphatic carbocycles. The molecular weight excluding hydrogens is 360 g/mol. The third-order valence-electron chi connectivity index (χ3n) is 6.21. The number of nitrogens with one attached hydrogen (secondary N) is 2. The van der Waals surface area contributed by atoms with Crippen LogP contribution in [0.25, 0.3) is 0 Å². The Morgan fingerprint density at radius 1 is 1.37 bits per heavy atom. The molecule has 5 rings (SSSR count). The molecule has 2 N–H and O–H groups in total. The standard InChI is InChI=1S/C20H26N4O2S/c25-19(24-10-1-2-15(13-24)18-22-8-9-23-18)16-12-14-3-11-26-20(17(14)27-16)4-6-21-7-5-20/h8-9,12,15,21H,1-7,10-11,13H2,(H,22,23). The number of carbonyl (C=O) groups is 1. The van der Waals surface area contributed by atoms with Gasteiger partial charge >= 0.3 is 0 Å². The van der Waals surface area contributed by atoms with E-state index in [1.54, 1.807) is 17.5 Å². The normalized spacial score (nSPS) is 24.7. The van der Waals surface area contributed by atoms with Gasteiger partial charge in [0.2, 0.25) is 0 Å². The fourth-order valence-electron chi connectivity index (χ4n) is 4.77. The van der Waals surface area contributed by atoms with Crippen LogP contribution in [-0.2, 0) is 16.8 Å². The van der Waals surface area contributed by atoms with Gasteiger partial charge in [0, 0.05) is 36.3 Å². The summed E-state index contributed by atoms with van der Waals surface area (Å²) >= 11 is 1.67. The molecule has 6 nitrogen and oxygen atoms in total. The molecule has 2 aromatic heterocycles. The quantitative estimate of drug-likeness (QED) is 0.832. The maximum atomic E-state index is 13.3. The average molecular weight is 387 g/mol. The first-order valence-corrected chi connectivity index (χ1v) is 10.8. The van der Waals surface area contributed by atoms with Gasteiger partial charge in [0.15, 0.2) is 0 Å². The first-order chi connectivity index (χ1) is 13.3. The summed E-state index contributed by atoms with van der Waals surface area (Å²) < 4.78 is 6.27. The molecule has 5 heterocycles. The zero-order chi connectivity index (χ0) is 18.3. The van der Waals surface area contributed by atoms with Crippen LogP contribution in [0.1, 0.15) is 57.5 Å². The summed E-state index contributed by atoms with van der Waals surface area (Å²) in [7, 11) is 0. The van der Waals surface area contributed by atoms with E-state index in [1.165, 1.54) is 10.4 Å². The van der Waals surface area contributed by atoms with Crippen molar-refractivity contribution in [2.45, 2.75) is 43.6 Å². The number of piperidine rings is 2. The second kappa shape index (κ2) is 7.04. The van der Waals surface area contributed by atoms with Crippen molar-refractivity contribution in [3.05, 3.63) is 39.6 Å². The lowest BCUT2D eigenvalue weighted by Crippen LogP contribution is -2.44. The number of nitrogens with zero attached hydrogens (tertiary/aromatic N) is 2. The number of aromatic nitrogens is 2. The summed E-state index contributed by atoms with van der Waals surface area (Å²) in [6.07, 6.45) is 8.69. The van der Waals surface area contributed by atoms with Gasteiger partial charge in [-0.25, -0.2) is 4.98 Å². The van der Waals surface area contributed by atoms with E-state index in [0.29, 0.717) is 5.92 Å². The van der Waals surface area contributed by atoms with Crippen LogP contribution in [-0.4, -0.2) is 53.6 Å². The Bertz CT molecular complexity index is 810. The lowest BCUT2D eigenvalue weighted by atomic mass is 9.86. The Morgan fingerprint density at radius 3 is 3.07 bits per heavy atom. The van der Waals surface area contributed by atoms with Gasteiger partial charge < -0.3 is 19.9 Å². The highest BCUT2D eigenvalue weighted by molar-refractivity contribution is 7.14. The molecule has 7 heteroatoms. The lowest BCUT2D eigenvalue weighted by Gasteiger charge is -2.40. The first-order valence-electron chi connectivity index (χ1n) is 10.0. The summed E-state index contributed by atoms with van der Waals surface area (Å²) in [6.45, 7) is 4.32. The molecule has 144 valence electrons. The highest BCUT2D eigenvalue weighted by Gasteiger charge is 2.41. The Kier molecular flexibility index (Phi) is 4.53. The fraction of sp³-hybridized carbons (Fsp3) is 0.600. The number of carbonyl (C=O) groups excluding carboxylic acids is 1. The number of H-pyrrole nitrogens is 1. The molecule has 27 heavy (non-hydrogen) atoms. The highest BCUT2D eigenvalue weighted by Crippen LogP contribution is 2.44. The van der Waals surface area contributed by atoms with E-state index in [-0.39, 0.29) is 11.5 Å². The zero-order valence-electron chi connectivity index (χ0n) is 15.5. The largest absolute Gasteiger partial charge is 0.369 e. The van der Waals surface area contributed by atoms with Gasteiger partial charge in [-0.3, -0.25) is 4.79 Å². The minimum Gasteiger partial charge on any atom is -0.369 e. The highest BCUT2D eigenvalue weighted by atomic mass is 32.1. The van der Waals surface area contributed by atoms with E-state index < -0.39 is 0 Å². The van der Waals surface area contributed by atoms with Crippen molar-refractivity contribution < 1.29 is 9.53 Å². The van der Waals surface area contributed by atoms with Crippen molar-refractivity contribution in [3.8, 4) is 0 Å². The Labute approximate surface area is 163 Å². The summed E-state index contributed by atoms with van der Waals surface area (Å²) in [5.41, 5.74) is 1.16. The number of hydrogen-bond acceptors (Lipinski definition) is 5. The smallest absolute Gasteiger partial charge is 0.263 e. The molecule has 2 fully saturated rings. The predicted octanol–water partition coefficient (Wildman–Crippen LogP) is 2.64. The molecule has 1 unspecified atom stereocenters. The van der Waals surface area contributed by atoms with Crippen molar-refractivity contribution in [2.75, 3.05) is 32.8 Å². The van der Waals surface area contributed by atoms with E-state index in [9.17, 15) is 4.79 Å². The predicted molar refractivity (Wildman–Crippen MR) is 104 cm³/mol. The number of imidazole rings is 1. The Balaban J connectivity index is 1.38. The minimum atomic E-state index is -0.166. The van der Waals surface area contributed by atoms with Crippen LogP contribution in [0, 0.1) is 0 Å². The molecular formula is C20H26N4O2S. The second-order valence-corrected chi connectivity index (χ2v) is 8.92. The summed E-state index contributed by atoms with van der Waals surface area (Å²) in [4.78, 5) is 25.1. The van der Waals surface area contributed by atoms with Crippen LogP contribution in [0.5, 0.6) is 0 Å². The number of thiophene rings is 1. The average Bonchev–Trinajstić information content (AvgIpc) is 3.39. The molecule has 1 atom stereocenters. The maximum Gasteiger partial charge on any atom is 0.263 e. The lowest BCUT2D eigenvalue weighted by molar-refractivity contribution is -0.0771. The zero-order valence-corrected chi connectivity index (χ0v) is 16.3. The fourth-order valence-corrected chi connectivity index (χ4v) is 6.15. The van der Waals surface area contributed by atoms with E-state index in [1.807, 2.05) is 11.1 Å². The molecule has 3 aliphatic rings. The van der Waals surface area contributed by atoms with Crippen LogP contribution >= 0.6 is 11.3 Å². The summed E-state index contributed by atoms with van der Waals surface area (Å²) in [6, 6.07) is 2.14. The van der Waals surface area contributed by atoms with Gasteiger partial charge in [0.05, 0.1) is 11.5 Å². The van der Waals surface area contributed by atoms with Crippen molar-refractivity contribution in [1.29, 1.82) is 0 Å². The van der Waals surface area contributed by atoms with Gasteiger partial charge in [-0.2, -0.15) is 0 Å². The monoisotopic (exact) mass is 386 g/mol. The summed E-state index contributed by atoms with van der Waals surface area (Å²) in [5.74, 6) is 1.49. The minimum absolute atomic E-state index is 0.166. The molecule has 0 radical (unpaired) electrons. The van der Waals surface area contributed by atoms with Crippen LogP contribution in [0.3, 0.4) is 0 Å². The molecule has 0 saturated carbocycles. The van der Waals surface area contributed by atoms with E-state index >= 15 is 0 Å². The third kappa shape index (κ3) is 3.11. The maximum absolute atomic E-state index is 13.3. The number of aromatic amines is 1. The van der Waals surface area contributed by atoms with E-state index in [4.69, 9.17) is 4.74 Å².